The first kappa shape index (κ1) is 20.1. The Hall–Kier alpha value is -2.97. The molecule has 0 unspecified atom stereocenters. The first-order valence-electron chi connectivity index (χ1n) is 7.65. The van der Waals surface area contributed by atoms with Gasteiger partial charge in [-0.1, -0.05) is 19.1 Å². The van der Waals surface area contributed by atoms with Crippen molar-refractivity contribution in [2.24, 2.45) is 5.92 Å². The Labute approximate surface area is 144 Å². The number of nitrogens with one attached hydrogen (secondary N) is 1. The number of carbonyl (C=O) groups is 3. The Morgan fingerprint density at radius 3 is 2.60 bits per heavy atom. The number of non-ortho nitro benzene ring substituents is 1. The minimum atomic E-state index is -1.27. The molecule has 9 nitrogen and oxygen atoms in total. The van der Waals surface area contributed by atoms with Crippen molar-refractivity contribution in [2.45, 2.75) is 32.7 Å². The third-order valence-electron chi connectivity index (χ3n) is 3.43. The van der Waals surface area contributed by atoms with Crippen molar-refractivity contribution in [1.29, 1.82) is 0 Å². The third kappa shape index (κ3) is 6.58. The van der Waals surface area contributed by atoms with Crippen LogP contribution in [-0.4, -0.2) is 40.5 Å². The van der Waals surface area contributed by atoms with Gasteiger partial charge in [0.2, 0.25) is 5.91 Å². The van der Waals surface area contributed by atoms with Crippen LogP contribution in [0.25, 0.3) is 0 Å². The molecule has 0 heterocycles. The number of aliphatic carboxylic acids is 1. The van der Waals surface area contributed by atoms with Crippen molar-refractivity contribution in [3.63, 3.8) is 0 Å². The van der Waals surface area contributed by atoms with E-state index >= 15 is 0 Å². The number of amides is 1. The highest BCUT2D eigenvalue weighted by molar-refractivity contribution is 5.85. The number of carboxylic acids is 1. The molecule has 0 radical (unpaired) electrons. The van der Waals surface area contributed by atoms with Crippen LogP contribution in [0.15, 0.2) is 24.3 Å². The van der Waals surface area contributed by atoms with Crippen molar-refractivity contribution in [2.75, 3.05) is 6.61 Å². The topological polar surface area (TPSA) is 136 Å². The van der Waals surface area contributed by atoms with E-state index < -0.39 is 34.7 Å². The summed E-state index contributed by atoms with van der Waals surface area (Å²) in [5.74, 6) is -3.10. The lowest BCUT2D eigenvalue weighted by Crippen LogP contribution is -2.46. The van der Waals surface area contributed by atoms with E-state index in [9.17, 15) is 29.6 Å². The maximum atomic E-state index is 12.1. The SMILES string of the molecule is CCOC(=O)C[C@@H](C)[C@@H](NC(=O)Cc1cccc([N+](=O)[O-])c1)C(=O)O. The predicted octanol–water partition coefficient (Wildman–Crippen LogP) is 1.30. The zero-order valence-corrected chi connectivity index (χ0v) is 13.9. The number of esters is 1. The van der Waals surface area contributed by atoms with E-state index in [1.807, 2.05) is 0 Å². The van der Waals surface area contributed by atoms with Gasteiger partial charge in [-0.25, -0.2) is 4.79 Å². The summed E-state index contributed by atoms with van der Waals surface area (Å²) in [5, 5.41) is 22.3. The number of ether oxygens (including phenoxy) is 1. The second-order valence-electron chi connectivity index (χ2n) is 5.47. The number of rotatable bonds is 9. The van der Waals surface area contributed by atoms with E-state index in [4.69, 9.17) is 4.74 Å². The summed E-state index contributed by atoms with van der Waals surface area (Å²) < 4.78 is 4.77. The van der Waals surface area contributed by atoms with E-state index in [1.165, 1.54) is 31.2 Å². The van der Waals surface area contributed by atoms with E-state index in [1.54, 1.807) is 6.92 Å². The number of nitro groups is 1. The molecule has 0 saturated heterocycles. The van der Waals surface area contributed by atoms with Gasteiger partial charge in [-0.15, -0.1) is 0 Å². The van der Waals surface area contributed by atoms with E-state index in [0.717, 1.165) is 0 Å². The smallest absolute Gasteiger partial charge is 0.326 e. The van der Waals surface area contributed by atoms with Crippen LogP contribution in [0.2, 0.25) is 0 Å². The number of carboxylic acid groups (broad SMARTS) is 1. The maximum absolute atomic E-state index is 12.1. The van der Waals surface area contributed by atoms with Gasteiger partial charge in [0.25, 0.3) is 5.69 Å². The number of hydrogen-bond donors (Lipinski definition) is 2. The van der Waals surface area contributed by atoms with Crippen LogP contribution in [0.4, 0.5) is 5.69 Å². The van der Waals surface area contributed by atoms with Gasteiger partial charge in [0.1, 0.15) is 6.04 Å². The Morgan fingerprint density at radius 1 is 1.36 bits per heavy atom. The minimum Gasteiger partial charge on any atom is -0.480 e. The normalized spacial score (nSPS) is 12.7. The van der Waals surface area contributed by atoms with Crippen molar-refractivity contribution in [1.82, 2.24) is 5.32 Å². The van der Waals surface area contributed by atoms with Crippen molar-refractivity contribution >= 4 is 23.5 Å². The van der Waals surface area contributed by atoms with E-state index in [0.29, 0.717) is 5.56 Å². The highest BCUT2D eigenvalue weighted by Gasteiger charge is 2.28. The number of nitrogens with zero attached hydrogens (tertiary/aromatic N) is 1. The van der Waals surface area contributed by atoms with Gasteiger partial charge in [0.15, 0.2) is 0 Å². The van der Waals surface area contributed by atoms with Crippen LogP contribution >= 0.6 is 0 Å². The van der Waals surface area contributed by atoms with Gasteiger partial charge >= 0.3 is 11.9 Å². The molecule has 0 aliphatic heterocycles. The minimum absolute atomic E-state index is 0.151. The summed E-state index contributed by atoms with van der Waals surface area (Å²) in [7, 11) is 0. The van der Waals surface area contributed by atoms with Gasteiger partial charge in [-0.05, 0) is 18.4 Å². The molecule has 0 aromatic heterocycles. The van der Waals surface area contributed by atoms with Crippen molar-refractivity contribution in [3.8, 4) is 0 Å². The largest absolute Gasteiger partial charge is 0.480 e. The number of nitro benzene ring substituents is 1. The molecular weight excluding hydrogens is 332 g/mol. The van der Waals surface area contributed by atoms with Crippen LogP contribution in [0.3, 0.4) is 0 Å². The molecule has 0 saturated carbocycles. The summed E-state index contributed by atoms with van der Waals surface area (Å²) in [6, 6.07) is 4.25. The summed E-state index contributed by atoms with van der Waals surface area (Å²) >= 11 is 0. The second-order valence-corrected chi connectivity index (χ2v) is 5.47. The summed E-state index contributed by atoms with van der Waals surface area (Å²) in [4.78, 5) is 45.0. The first-order chi connectivity index (χ1) is 11.7. The molecule has 2 N–H and O–H groups in total. The van der Waals surface area contributed by atoms with Crippen molar-refractivity contribution < 1.29 is 29.2 Å². The van der Waals surface area contributed by atoms with Crippen molar-refractivity contribution in [3.05, 3.63) is 39.9 Å². The van der Waals surface area contributed by atoms with Gasteiger partial charge in [0.05, 0.1) is 24.4 Å². The molecule has 136 valence electrons. The average Bonchev–Trinajstić information content (AvgIpc) is 2.52. The molecule has 0 bridgehead atoms. The first-order valence-corrected chi connectivity index (χ1v) is 7.65. The lowest BCUT2D eigenvalue weighted by Gasteiger charge is -2.20. The second kappa shape index (κ2) is 9.36. The van der Waals surface area contributed by atoms with Gasteiger partial charge in [-0.2, -0.15) is 0 Å². The van der Waals surface area contributed by atoms with E-state index in [-0.39, 0.29) is 25.1 Å². The Morgan fingerprint density at radius 2 is 2.04 bits per heavy atom. The molecule has 0 aliphatic rings. The summed E-state index contributed by atoms with van der Waals surface area (Å²) in [5.41, 5.74) is 0.227. The fraction of sp³-hybridized carbons (Fsp3) is 0.438. The Balaban J connectivity index is 2.73. The zero-order valence-electron chi connectivity index (χ0n) is 13.9. The molecular formula is C16H20N2O7. The summed E-state index contributed by atoms with van der Waals surface area (Å²) in [6.45, 7) is 3.34. The predicted molar refractivity (Wildman–Crippen MR) is 86.8 cm³/mol. The monoisotopic (exact) mass is 352 g/mol. The van der Waals surface area contributed by atoms with Gasteiger partial charge in [0, 0.05) is 12.1 Å². The molecule has 1 rings (SSSR count). The van der Waals surface area contributed by atoms with E-state index in [2.05, 4.69) is 5.32 Å². The number of carbonyl (C=O) groups excluding carboxylic acids is 2. The Bertz CT molecular complexity index is 660. The fourth-order valence-electron chi connectivity index (χ4n) is 2.24. The molecule has 1 aromatic carbocycles. The van der Waals surface area contributed by atoms with Crippen LogP contribution < -0.4 is 5.32 Å². The van der Waals surface area contributed by atoms with Crippen LogP contribution in [0.5, 0.6) is 0 Å². The molecule has 0 fully saturated rings. The maximum Gasteiger partial charge on any atom is 0.326 e. The molecule has 0 aliphatic carbocycles. The van der Waals surface area contributed by atoms with Crippen LogP contribution in [0, 0.1) is 16.0 Å². The fourth-order valence-corrected chi connectivity index (χ4v) is 2.24. The zero-order chi connectivity index (χ0) is 19.0. The molecule has 0 spiro atoms. The lowest BCUT2D eigenvalue weighted by atomic mass is 9.98. The molecule has 1 aromatic rings. The standard InChI is InChI=1S/C16H20N2O7/c1-3-25-14(20)7-10(2)15(16(21)22)17-13(19)9-11-5-4-6-12(8-11)18(23)24/h4-6,8,10,15H,3,7,9H2,1-2H3,(H,17,19)(H,21,22)/t10-,15-/m1/s1. The molecule has 1 amide bonds. The van der Waals surface area contributed by atoms with Gasteiger partial charge < -0.3 is 15.2 Å². The highest BCUT2D eigenvalue weighted by atomic mass is 16.6. The Kier molecular flexibility index (Phi) is 7.51. The summed E-state index contributed by atoms with van der Waals surface area (Å²) in [6.07, 6.45) is -0.362. The van der Waals surface area contributed by atoms with Crippen LogP contribution in [-0.2, 0) is 25.5 Å². The lowest BCUT2D eigenvalue weighted by molar-refractivity contribution is -0.384. The molecule has 9 heteroatoms. The number of hydrogen-bond acceptors (Lipinski definition) is 6. The molecule has 25 heavy (non-hydrogen) atoms. The number of benzene rings is 1. The van der Waals surface area contributed by atoms with Gasteiger partial charge in [-0.3, -0.25) is 19.7 Å². The third-order valence-corrected chi connectivity index (χ3v) is 3.43. The average molecular weight is 352 g/mol. The molecule has 2 atom stereocenters. The highest BCUT2D eigenvalue weighted by Crippen LogP contribution is 2.14. The van der Waals surface area contributed by atoms with Crippen LogP contribution in [0.1, 0.15) is 25.8 Å². The quantitative estimate of drug-likeness (QED) is 0.388.